The predicted molar refractivity (Wildman–Crippen MR) is 149 cm³/mol. The van der Waals surface area contributed by atoms with Crippen molar-refractivity contribution in [1.29, 1.82) is 0 Å². The van der Waals surface area contributed by atoms with Gasteiger partial charge in [0, 0.05) is 44.9 Å². The third kappa shape index (κ3) is 11.2. The zero-order valence-electron chi connectivity index (χ0n) is 21.3. The van der Waals surface area contributed by atoms with Crippen LogP contribution in [0.5, 0.6) is 5.88 Å². The number of benzene rings is 1. The normalized spacial score (nSPS) is 13.9. The van der Waals surface area contributed by atoms with E-state index in [4.69, 9.17) is 17.0 Å². The second-order valence-electron chi connectivity index (χ2n) is 9.12. The van der Waals surface area contributed by atoms with Gasteiger partial charge < -0.3 is 20.7 Å². The van der Waals surface area contributed by atoms with Crippen molar-refractivity contribution in [1.82, 2.24) is 25.8 Å². The van der Waals surface area contributed by atoms with Gasteiger partial charge >= 0.3 is 0 Å². The van der Waals surface area contributed by atoms with E-state index in [9.17, 15) is 4.79 Å². The van der Waals surface area contributed by atoms with Crippen LogP contribution in [0.3, 0.4) is 0 Å². The molecule has 3 N–H and O–H groups in total. The van der Waals surface area contributed by atoms with Gasteiger partial charge in [-0.3, -0.25) is 9.69 Å². The zero-order valence-corrected chi connectivity index (χ0v) is 22.1. The van der Waals surface area contributed by atoms with E-state index in [1.54, 1.807) is 6.20 Å². The van der Waals surface area contributed by atoms with Crippen molar-refractivity contribution in [3.05, 3.63) is 71.4 Å². The number of aromatic nitrogens is 1. The lowest BCUT2D eigenvalue weighted by Crippen LogP contribution is -2.35. The van der Waals surface area contributed by atoms with Crippen LogP contribution in [0.25, 0.3) is 0 Å². The number of nitrogens with zero attached hydrogens (tertiary/aromatic N) is 2. The van der Waals surface area contributed by atoms with Crippen LogP contribution in [0.4, 0.5) is 0 Å². The second-order valence-corrected chi connectivity index (χ2v) is 9.53. The molecule has 36 heavy (non-hydrogen) atoms. The highest BCUT2D eigenvalue weighted by Crippen LogP contribution is 2.15. The van der Waals surface area contributed by atoms with Crippen molar-refractivity contribution in [3.63, 3.8) is 0 Å². The molecule has 0 radical (unpaired) electrons. The van der Waals surface area contributed by atoms with Gasteiger partial charge in [-0.25, -0.2) is 4.98 Å². The first kappa shape index (κ1) is 27.6. The lowest BCUT2D eigenvalue weighted by molar-refractivity contribution is -0.120. The van der Waals surface area contributed by atoms with Crippen LogP contribution in [-0.2, 0) is 17.9 Å². The fraction of sp³-hybridized carbons (Fsp3) is 0.464. The Hall–Kier alpha value is -2.97. The standard InChI is InChI=1S/C28H39N5O2S/c1-23-9-11-24(12-10-23)21-32-28(36)31-15-7-8-26(34)29-14-3-6-19-35-27-20-25(13-16-30-27)22-33-17-4-2-5-18-33/h3,6,9-13,16,20H,2,4-5,7-8,14-15,17-19,21-22H2,1H3,(H,29,34)(H2,31,32,36)/b6-3-. The number of amides is 1. The van der Waals surface area contributed by atoms with E-state index in [1.165, 1.54) is 49.0 Å². The van der Waals surface area contributed by atoms with Crippen molar-refractivity contribution in [2.45, 2.75) is 52.1 Å². The Labute approximate surface area is 220 Å². The SMILES string of the molecule is Cc1ccc(CNC(=S)NCCCC(=O)NC/C=C\COc2cc(CN3CCCCC3)ccn2)cc1. The van der Waals surface area contributed by atoms with E-state index in [1.807, 2.05) is 18.2 Å². The number of ether oxygens (including phenoxy) is 1. The minimum atomic E-state index is 0.0213. The molecule has 0 bridgehead atoms. The highest BCUT2D eigenvalue weighted by atomic mass is 32.1. The Morgan fingerprint density at radius 1 is 1.06 bits per heavy atom. The lowest BCUT2D eigenvalue weighted by Gasteiger charge is -2.26. The third-order valence-corrected chi connectivity index (χ3v) is 6.29. The summed E-state index contributed by atoms with van der Waals surface area (Å²) in [6.07, 6.45) is 10.7. The predicted octanol–water partition coefficient (Wildman–Crippen LogP) is 3.87. The number of likely N-dealkylation sites (tertiary alicyclic amines) is 1. The Kier molecular flexibility index (Phi) is 12.2. The summed E-state index contributed by atoms with van der Waals surface area (Å²) in [7, 11) is 0. The third-order valence-electron chi connectivity index (χ3n) is 6.01. The number of nitrogens with one attached hydrogen (secondary N) is 3. The molecular weight excluding hydrogens is 470 g/mol. The fourth-order valence-electron chi connectivity index (χ4n) is 3.95. The maximum atomic E-state index is 12.0. The molecule has 0 unspecified atom stereocenters. The van der Waals surface area contributed by atoms with Crippen molar-refractivity contribution in [2.75, 3.05) is 32.8 Å². The summed E-state index contributed by atoms with van der Waals surface area (Å²) in [6, 6.07) is 12.4. The Balaban J connectivity index is 1.20. The second kappa shape index (κ2) is 15.9. The van der Waals surface area contributed by atoms with E-state index >= 15 is 0 Å². The van der Waals surface area contributed by atoms with Gasteiger partial charge in [0.25, 0.3) is 0 Å². The number of carbonyl (C=O) groups is 1. The molecule has 2 aromatic rings. The molecule has 2 heterocycles. The van der Waals surface area contributed by atoms with Crippen LogP contribution in [0.15, 0.2) is 54.7 Å². The summed E-state index contributed by atoms with van der Waals surface area (Å²) in [4.78, 5) is 18.8. The molecule has 1 aromatic carbocycles. The van der Waals surface area contributed by atoms with Gasteiger partial charge in [-0.05, 0) is 74.8 Å². The molecule has 0 atom stereocenters. The molecule has 1 saturated heterocycles. The van der Waals surface area contributed by atoms with Crippen molar-refractivity contribution in [2.24, 2.45) is 0 Å². The Morgan fingerprint density at radius 2 is 1.86 bits per heavy atom. The monoisotopic (exact) mass is 509 g/mol. The van der Waals surface area contributed by atoms with Crippen LogP contribution in [-0.4, -0.2) is 53.7 Å². The number of pyridine rings is 1. The maximum absolute atomic E-state index is 12.0. The van der Waals surface area contributed by atoms with Gasteiger partial charge in [0.2, 0.25) is 11.8 Å². The van der Waals surface area contributed by atoms with Gasteiger partial charge in [0.15, 0.2) is 5.11 Å². The van der Waals surface area contributed by atoms with Gasteiger partial charge in [0.05, 0.1) is 0 Å². The Bertz CT molecular complexity index is 974. The van der Waals surface area contributed by atoms with Crippen LogP contribution in [0.2, 0.25) is 0 Å². The molecule has 194 valence electrons. The minimum absolute atomic E-state index is 0.0213. The van der Waals surface area contributed by atoms with Crippen LogP contribution < -0.4 is 20.7 Å². The van der Waals surface area contributed by atoms with E-state index in [2.05, 4.69) is 63.1 Å². The molecule has 0 spiro atoms. The molecule has 0 aliphatic carbocycles. The van der Waals surface area contributed by atoms with Crippen molar-refractivity contribution in [3.8, 4) is 5.88 Å². The molecule has 0 saturated carbocycles. The quantitative estimate of drug-likeness (QED) is 0.215. The first-order valence-corrected chi connectivity index (χ1v) is 13.3. The topological polar surface area (TPSA) is 78.5 Å². The molecule has 3 rings (SSSR count). The number of thiocarbonyl (C=S) groups is 1. The van der Waals surface area contributed by atoms with E-state index in [0.29, 0.717) is 50.1 Å². The lowest BCUT2D eigenvalue weighted by atomic mass is 10.1. The molecule has 1 fully saturated rings. The number of rotatable bonds is 13. The molecule has 1 aliphatic rings. The van der Waals surface area contributed by atoms with Crippen LogP contribution >= 0.6 is 12.2 Å². The zero-order chi connectivity index (χ0) is 25.4. The first-order valence-electron chi connectivity index (χ1n) is 12.9. The number of piperidine rings is 1. The summed E-state index contributed by atoms with van der Waals surface area (Å²) >= 11 is 5.30. The highest BCUT2D eigenvalue weighted by molar-refractivity contribution is 7.80. The molecule has 1 aliphatic heterocycles. The van der Waals surface area contributed by atoms with Crippen molar-refractivity contribution < 1.29 is 9.53 Å². The van der Waals surface area contributed by atoms with Gasteiger partial charge in [-0.2, -0.15) is 0 Å². The number of hydrogen-bond acceptors (Lipinski definition) is 5. The summed E-state index contributed by atoms with van der Waals surface area (Å²) in [5.41, 5.74) is 3.65. The van der Waals surface area contributed by atoms with E-state index < -0.39 is 0 Å². The van der Waals surface area contributed by atoms with E-state index in [-0.39, 0.29) is 5.91 Å². The molecule has 8 heteroatoms. The molecule has 1 aromatic heterocycles. The number of hydrogen-bond donors (Lipinski definition) is 3. The summed E-state index contributed by atoms with van der Waals surface area (Å²) in [5.74, 6) is 0.657. The summed E-state index contributed by atoms with van der Waals surface area (Å²) < 4.78 is 5.74. The Morgan fingerprint density at radius 3 is 2.67 bits per heavy atom. The average Bonchev–Trinajstić information content (AvgIpc) is 2.89. The van der Waals surface area contributed by atoms with Gasteiger partial charge in [-0.15, -0.1) is 0 Å². The fourth-order valence-corrected chi connectivity index (χ4v) is 4.13. The van der Waals surface area contributed by atoms with Gasteiger partial charge in [-0.1, -0.05) is 42.3 Å². The molecular formula is C28H39N5O2S. The summed E-state index contributed by atoms with van der Waals surface area (Å²) in [5, 5.41) is 9.83. The van der Waals surface area contributed by atoms with E-state index in [0.717, 1.165) is 6.54 Å². The number of aryl methyl sites for hydroxylation is 1. The highest BCUT2D eigenvalue weighted by Gasteiger charge is 2.10. The van der Waals surface area contributed by atoms with Crippen LogP contribution in [0, 0.1) is 6.92 Å². The largest absolute Gasteiger partial charge is 0.473 e. The first-order chi connectivity index (χ1) is 17.6. The molecule has 1 amide bonds. The molecule has 7 nitrogen and oxygen atoms in total. The van der Waals surface area contributed by atoms with Crippen LogP contribution in [0.1, 0.15) is 48.8 Å². The van der Waals surface area contributed by atoms with Gasteiger partial charge in [0.1, 0.15) is 6.61 Å². The minimum Gasteiger partial charge on any atom is -0.473 e. The maximum Gasteiger partial charge on any atom is 0.220 e. The van der Waals surface area contributed by atoms with Crippen molar-refractivity contribution >= 4 is 23.2 Å². The number of carbonyl (C=O) groups excluding carboxylic acids is 1. The smallest absolute Gasteiger partial charge is 0.220 e. The summed E-state index contributed by atoms with van der Waals surface area (Å²) in [6.45, 7) is 7.60. The average molecular weight is 510 g/mol.